The Bertz CT molecular complexity index is 227. The zero-order valence-corrected chi connectivity index (χ0v) is 11.9. The van der Waals surface area contributed by atoms with Gasteiger partial charge in [0, 0.05) is 18.9 Å². The van der Waals surface area contributed by atoms with E-state index in [1.165, 1.54) is 25.7 Å². The van der Waals surface area contributed by atoms with Crippen molar-refractivity contribution in [1.82, 2.24) is 4.90 Å². The maximum atomic E-state index is 11.9. The SMILES string of the molecule is CCCCN(C)CC1CC(CCC)CCC1=O. The third-order valence-electron chi connectivity index (χ3n) is 3.99. The van der Waals surface area contributed by atoms with E-state index in [9.17, 15) is 4.79 Å². The van der Waals surface area contributed by atoms with Crippen molar-refractivity contribution in [2.75, 3.05) is 20.1 Å². The first-order chi connectivity index (χ1) is 8.17. The molecule has 0 N–H and O–H groups in total. The van der Waals surface area contributed by atoms with E-state index in [1.54, 1.807) is 0 Å². The number of hydrogen-bond acceptors (Lipinski definition) is 2. The van der Waals surface area contributed by atoms with Gasteiger partial charge in [0.1, 0.15) is 5.78 Å². The maximum Gasteiger partial charge on any atom is 0.137 e. The molecule has 0 aromatic carbocycles. The molecule has 1 saturated carbocycles. The molecular formula is C15H29NO. The molecule has 0 aromatic rings. The summed E-state index contributed by atoms with van der Waals surface area (Å²) < 4.78 is 0. The lowest BCUT2D eigenvalue weighted by molar-refractivity contribution is -0.126. The number of ketones is 1. The van der Waals surface area contributed by atoms with Crippen molar-refractivity contribution in [1.29, 1.82) is 0 Å². The van der Waals surface area contributed by atoms with Crippen molar-refractivity contribution in [2.24, 2.45) is 11.8 Å². The molecule has 2 atom stereocenters. The van der Waals surface area contributed by atoms with Crippen LogP contribution in [0.1, 0.15) is 58.8 Å². The van der Waals surface area contributed by atoms with Crippen LogP contribution in [-0.2, 0) is 4.79 Å². The molecule has 0 aliphatic heterocycles. The van der Waals surface area contributed by atoms with E-state index in [1.807, 2.05) is 0 Å². The molecule has 0 saturated heterocycles. The molecule has 2 heteroatoms. The second kappa shape index (κ2) is 7.86. The highest BCUT2D eigenvalue weighted by atomic mass is 16.1. The van der Waals surface area contributed by atoms with Crippen LogP contribution in [0.4, 0.5) is 0 Å². The van der Waals surface area contributed by atoms with Gasteiger partial charge in [-0.1, -0.05) is 33.1 Å². The highest BCUT2D eigenvalue weighted by molar-refractivity contribution is 5.81. The van der Waals surface area contributed by atoms with E-state index in [2.05, 4.69) is 25.8 Å². The van der Waals surface area contributed by atoms with Crippen LogP contribution >= 0.6 is 0 Å². The molecule has 100 valence electrons. The first kappa shape index (κ1) is 14.7. The average molecular weight is 239 g/mol. The van der Waals surface area contributed by atoms with Crippen LogP contribution in [-0.4, -0.2) is 30.8 Å². The molecule has 0 radical (unpaired) electrons. The van der Waals surface area contributed by atoms with Crippen LogP contribution in [0.3, 0.4) is 0 Å². The summed E-state index contributed by atoms with van der Waals surface area (Å²) in [5.74, 6) is 1.64. The molecule has 0 heterocycles. The highest BCUT2D eigenvalue weighted by Crippen LogP contribution is 2.30. The Morgan fingerprint density at radius 1 is 1.29 bits per heavy atom. The summed E-state index contributed by atoms with van der Waals surface area (Å²) in [6.07, 6.45) is 8.17. The van der Waals surface area contributed by atoms with Crippen molar-refractivity contribution >= 4 is 5.78 Å². The Morgan fingerprint density at radius 2 is 2.06 bits per heavy atom. The molecule has 1 fully saturated rings. The second-order valence-corrected chi connectivity index (χ2v) is 5.71. The van der Waals surface area contributed by atoms with Crippen LogP contribution in [0, 0.1) is 11.8 Å². The standard InChI is InChI=1S/C15H29NO/c1-4-6-10-16(3)12-14-11-13(7-5-2)8-9-15(14)17/h13-14H,4-12H2,1-3H3. The minimum absolute atomic E-state index is 0.321. The Labute approximate surface area is 107 Å². The van der Waals surface area contributed by atoms with Crippen LogP contribution < -0.4 is 0 Å². The summed E-state index contributed by atoms with van der Waals surface area (Å²) in [5, 5.41) is 0. The number of carbonyl (C=O) groups excluding carboxylic acids is 1. The molecular weight excluding hydrogens is 210 g/mol. The van der Waals surface area contributed by atoms with Gasteiger partial charge in [-0.15, -0.1) is 0 Å². The summed E-state index contributed by atoms with van der Waals surface area (Å²) in [5.41, 5.74) is 0. The molecule has 1 aliphatic carbocycles. The van der Waals surface area contributed by atoms with Gasteiger partial charge in [0.2, 0.25) is 0 Å². The Morgan fingerprint density at radius 3 is 2.71 bits per heavy atom. The van der Waals surface area contributed by atoms with Gasteiger partial charge in [-0.3, -0.25) is 4.79 Å². The third-order valence-corrected chi connectivity index (χ3v) is 3.99. The molecule has 2 nitrogen and oxygen atoms in total. The fraction of sp³-hybridized carbons (Fsp3) is 0.933. The first-order valence-corrected chi connectivity index (χ1v) is 7.38. The van der Waals surface area contributed by atoms with Gasteiger partial charge in [0.05, 0.1) is 0 Å². The minimum Gasteiger partial charge on any atom is -0.306 e. The molecule has 1 rings (SSSR count). The first-order valence-electron chi connectivity index (χ1n) is 7.38. The zero-order valence-electron chi connectivity index (χ0n) is 11.9. The molecule has 1 aliphatic rings. The molecule has 2 unspecified atom stereocenters. The number of hydrogen-bond donors (Lipinski definition) is 0. The number of rotatable bonds is 7. The number of unbranched alkanes of at least 4 members (excludes halogenated alkanes) is 1. The average Bonchev–Trinajstić information content (AvgIpc) is 2.31. The van der Waals surface area contributed by atoms with E-state index in [-0.39, 0.29) is 0 Å². The van der Waals surface area contributed by atoms with E-state index < -0.39 is 0 Å². The summed E-state index contributed by atoms with van der Waals surface area (Å²) in [6.45, 7) is 6.59. The van der Waals surface area contributed by atoms with Crippen molar-refractivity contribution in [3.05, 3.63) is 0 Å². The van der Waals surface area contributed by atoms with Gasteiger partial charge in [-0.25, -0.2) is 0 Å². The van der Waals surface area contributed by atoms with Gasteiger partial charge in [0.25, 0.3) is 0 Å². The van der Waals surface area contributed by atoms with Crippen LogP contribution in [0.15, 0.2) is 0 Å². The second-order valence-electron chi connectivity index (χ2n) is 5.71. The van der Waals surface area contributed by atoms with Crippen LogP contribution in [0.2, 0.25) is 0 Å². The van der Waals surface area contributed by atoms with Crippen molar-refractivity contribution in [3.8, 4) is 0 Å². The third kappa shape index (κ3) is 5.20. The monoisotopic (exact) mass is 239 g/mol. The largest absolute Gasteiger partial charge is 0.306 e. The van der Waals surface area contributed by atoms with E-state index in [0.29, 0.717) is 11.7 Å². The van der Waals surface area contributed by atoms with Gasteiger partial charge in [0.15, 0.2) is 0 Å². The summed E-state index contributed by atoms with van der Waals surface area (Å²) >= 11 is 0. The summed E-state index contributed by atoms with van der Waals surface area (Å²) in [6, 6.07) is 0. The molecule has 0 bridgehead atoms. The predicted octanol–water partition coefficient (Wildman–Crippen LogP) is 3.50. The molecule has 0 aromatic heterocycles. The predicted molar refractivity (Wildman–Crippen MR) is 73.2 cm³/mol. The lowest BCUT2D eigenvalue weighted by atomic mass is 9.78. The van der Waals surface area contributed by atoms with Crippen molar-refractivity contribution in [2.45, 2.75) is 58.8 Å². The zero-order chi connectivity index (χ0) is 12.7. The smallest absolute Gasteiger partial charge is 0.137 e. The van der Waals surface area contributed by atoms with E-state index in [0.717, 1.165) is 38.3 Å². The normalized spacial score (nSPS) is 25.5. The van der Waals surface area contributed by atoms with Crippen LogP contribution in [0.5, 0.6) is 0 Å². The summed E-state index contributed by atoms with van der Waals surface area (Å²) in [4.78, 5) is 14.3. The lowest BCUT2D eigenvalue weighted by Crippen LogP contribution is -2.35. The molecule has 17 heavy (non-hydrogen) atoms. The molecule has 0 spiro atoms. The van der Waals surface area contributed by atoms with Crippen molar-refractivity contribution in [3.63, 3.8) is 0 Å². The Hall–Kier alpha value is -0.370. The van der Waals surface area contributed by atoms with Gasteiger partial charge in [-0.05, 0) is 38.8 Å². The number of carbonyl (C=O) groups is 1. The van der Waals surface area contributed by atoms with Crippen molar-refractivity contribution < 1.29 is 4.79 Å². The fourth-order valence-electron chi connectivity index (χ4n) is 2.94. The van der Waals surface area contributed by atoms with Gasteiger partial charge < -0.3 is 4.90 Å². The topological polar surface area (TPSA) is 20.3 Å². The number of Topliss-reactive ketones (excluding diaryl/α,β-unsaturated/α-hetero) is 1. The van der Waals surface area contributed by atoms with Crippen LogP contribution in [0.25, 0.3) is 0 Å². The molecule has 0 amide bonds. The lowest BCUT2D eigenvalue weighted by Gasteiger charge is -2.30. The van der Waals surface area contributed by atoms with Gasteiger partial charge >= 0.3 is 0 Å². The van der Waals surface area contributed by atoms with E-state index in [4.69, 9.17) is 0 Å². The Balaban J connectivity index is 2.36. The quantitative estimate of drug-likeness (QED) is 0.677. The maximum absolute atomic E-state index is 11.9. The number of nitrogens with zero attached hydrogens (tertiary/aromatic N) is 1. The summed E-state index contributed by atoms with van der Waals surface area (Å²) in [7, 11) is 2.16. The Kier molecular flexibility index (Phi) is 6.79. The van der Waals surface area contributed by atoms with Gasteiger partial charge in [-0.2, -0.15) is 0 Å². The van der Waals surface area contributed by atoms with E-state index >= 15 is 0 Å². The minimum atomic E-state index is 0.321. The highest BCUT2D eigenvalue weighted by Gasteiger charge is 2.28. The fourth-order valence-corrected chi connectivity index (χ4v) is 2.94.